The fourth-order valence-electron chi connectivity index (χ4n) is 3.29. The number of carbonyl (C=O) groups excluding carboxylic acids is 2. The highest BCUT2D eigenvalue weighted by atomic mass is 35.5. The van der Waals surface area contributed by atoms with Crippen molar-refractivity contribution in [3.05, 3.63) is 63.9 Å². The Labute approximate surface area is 173 Å². The first-order valence-electron chi connectivity index (χ1n) is 8.69. The van der Waals surface area contributed by atoms with Crippen molar-refractivity contribution in [2.24, 2.45) is 0 Å². The summed E-state index contributed by atoms with van der Waals surface area (Å²) in [5.74, 6) is 0.0246. The summed E-state index contributed by atoms with van der Waals surface area (Å²) < 4.78 is 11.5. The number of halogens is 2. The van der Waals surface area contributed by atoms with E-state index in [0.29, 0.717) is 39.5 Å². The van der Waals surface area contributed by atoms with E-state index in [9.17, 15) is 9.59 Å². The van der Waals surface area contributed by atoms with Gasteiger partial charge in [-0.15, -0.1) is 12.4 Å². The highest BCUT2D eigenvalue weighted by Crippen LogP contribution is 2.39. The summed E-state index contributed by atoms with van der Waals surface area (Å²) in [7, 11) is 4.00. The smallest absolute Gasteiger partial charge is 0.229 e. The molecule has 0 aliphatic heterocycles. The zero-order chi connectivity index (χ0) is 19.1. The number of hydrogen-bond donors (Lipinski definition) is 0. The van der Waals surface area contributed by atoms with Gasteiger partial charge in [0.05, 0.1) is 17.2 Å². The molecule has 7 heteroatoms. The molecule has 3 aromatic rings. The molecule has 0 fully saturated rings. The van der Waals surface area contributed by atoms with Gasteiger partial charge in [0.1, 0.15) is 11.3 Å². The fourth-order valence-corrected chi connectivity index (χ4v) is 3.51. The summed E-state index contributed by atoms with van der Waals surface area (Å²) in [5, 5.41) is 0.915. The number of ether oxygens (including phenoxy) is 1. The third-order valence-corrected chi connectivity index (χ3v) is 4.89. The Kier molecular flexibility index (Phi) is 5.79. The van der Waals surface area contributed by atoms with Crippen LogP contribution in [0, 0.1) is 0 Å². The molecule has 1 aromatic heterocycles. The normalized spacial score (nSPS) is 12.7. The largest absolute Gasteiger partial charge is 0.492 e. The monoisotopic (exact) mass is 419 g/mol. The van der Waals surface area contributed by atoms with E-state index >= 15 is 0 Å². The number of carbonyl (C=O) groups is 2. The van der Waals surface area contributed by atoms with Gasteiger partial charge in [-0.05, 0) is 26.6 Å². The summed E-state index contributed by atoms with van der Waals surface area (Å²) in [6.07, 6.45) is 0.850. The number of benzene rings is 2. The second kappa shape index (κ2) is 7.95. The van der Waals surface area contributed by atoms with Crippen molar-refractivity contribution in [1.82, 2.24) is 4.90 Å². The molecule has 146 valence electrons. The predicted molar refractivity (Wildman–Crippen MR) is 110 cm³/mol. The topological polar surface area (TPSA) is 59.8 Å². The van der Waals surface area contributed by atoms with Gasteiger partial charge in [-0.2, -0.15) is 0 Å². The average Bonchev–Trinajstić information content (AvgIpc) is 3.02. The van der Waals surface area contributed by atoms with Crippen molar-refractivity contribution in [2.75, 3.05) is 27.2 Å². The molecule has 1 aliphatic rings. The molecule has 5 nitrogen and oxygen atoms in total. The Bertz CT molecular complexity index is 1070. The van der Waals surface area contributed by atoms with E-state index in [1.807, 2.05) is 14.1 Å². The standard InChI is InChI=1S/C21H18ClNO4.ClH/c1-23(2)8-5-9-26-17-11-16-14(10-15(17)22)18-19(24)12-6-3-4-7-13(12)20(25)21(18)27-16;/h3-4,6-7,10-11H,5,8-9H2,1-2H3;1H. The molecule has 0 bridgehead atoms. The molecule has 0 N–H and O–H groups in total. The quantitative estimate of drug-likeness (QED) is 0.441. The van der Waals surface area contributed by atoms with Gasteiger partial charge in [0.2, 0.25) is 5.78 Å². The highest BCUT2D eigenvalue weighted by Gasteiger charge is 2.35. The Balaban J connectivity index is 0.00000225. The van der Waals surface area contributed by atoms with Crippen LogP contribution in [0.25, 0.3) is 11.0 Å². The summed E-state index contributed by atoms with van der Waals surface area (Å²) >= 11 is 6.36. The van der Waals surface area contributed by atoms with Crippen LogP contribution in [0.15, 0.2) is 40.8 Å². The van der Waals surface area contributed by atoms with Crippen LogP contribution in [0.3, 0.4) is 0 Å². The van der Waals surface area contributed by atoms with Crippen molar-refractivity contribution in [3.8, 4) is 5.75 Å². The van der Waals surface area contributed by atoms with E-state index < -0.39 is 0 Å². The lowest BCUT2D eigenvalue weighted by Gasteiger charge is -2.12. The van der Waals surface area contributed by atoms with Crippen LogP contribution in [0.4, 0.5) is 0 Å². The van der Waals surface area contributed by atoms with Gasteiger partial charge in [0.25, 0.3) is 0 Å². The van der Waals surface area contributed by atoms with E-state index in [1.54, 1.807) is 36.4 Å². The number of hydrogen-bond acceptors (Lipinski definition) is 5. The van der Waals surface area contributed by atoms with Crippen molar-refractivity contribution < 1.29 is 18.7 Å². The zero-order valence-corrected chi connectivity index (χ0v) is 17.0. The maximum atomic E-state index is 12.9. The van der Waals surface area contributed by atoms with Crippen LogP contribution >= 0.6 is 24.0 Å². The first-order valence-corrected chi connectivity index (χ1v) is 9.07. The van der Waals surface area contributed by atoms with Crippen LogP contribution in [0.2, 0.25) is 5.02 Å². The van der Waals surface area contributed by atoms with Crippen LogP contribution in [-0.2, 0) is 0 Å². The Morgan fingerprint density at radius 2 is 1.75 bits per heavy atom. The first kappa shape index (κ1) is 20.4. The number of rotatable bonds is 5. The van der Waals surface area contributed by atoms with Gasteiger partial charge in [-0.3, -0.25) is 9.59 Å². The second-order valence-electron chi connectivity index (χ2n) is 6.79. The van der Waals surface area contributed by atoms with Crippen molar-refractivity contribution in [3.63, 3.8) is 0 Å². The number of furan rings is 1. The molecular weight excluding hydrogens is 401 g/mol. The first-order chi connectivity index (χ1) is 13.0. The molecule has 4 rings (SSSR count). The minimum absolute atomic E-state index is 0. The van der Waals surface area contributed by atoms with Gasteiger partial charge in [0, 0.05) is 29.1 Å². The Hall–Kier alpha value is -2.34. The number of ketones is 2. The molecule has 0 unspecified atom stereocenters. The molecule has 0 atom stereocenters. The predicted octanol–water partition coefficient (Wildman–Crippen LogP) is 4.61. The zero-order valence-electron chi connectivity index (χ0n) is 15.5. The molecule has 0 saturated heterocycles. The third kappa shape index (κ3) is 3.41. The molecule has 0 amide bonds. The van der Waals surface area contributed by atoms with E-state index in [4.69, 9.17) is 20.8 Å². The molecule has 1 heterocycles. The molecule has 2 aromatic carbocycles. The van der Waals surface area contributed by atoms with Gasteiger partial charge in [-0.25, -0.2) is 0 Å². The molecule has 1 aliphatic carbocycles. The van der Waals surface area contributed by atoms with E-state index in [2.05, 4.69) is 4.90 Å². The minimum Gasteiger partial charge on any atom is -0.492 e. The van der Waals surface area contributed by atoms with Gasteiger partial charge >= 0.3 is 0 Å². The lowest BCUT2D eigenvalue weighted by Crippen LogP contribution is -2.19. The minimum atomic E-state index is -0.291. The van der Waals surface area contributed by atoms with Gasteiger partial charge in [0.15, 0.2) is 11.5 Å². The third-order valence-electron chi connectivity index (χ3n) is 4.60. The van der Waals surface area contributed by atoms with Crippen LogP contribution < -0.4 is 4.74 Å². The van der Waals surface area contributed by atoms with E-state index in [0.717, 1.165) is 13.0 Å². The summed E-state index contributed by atoms with van der Waals surface area (Å²) in [6.45, 7) is 1.41. The Morgan fingerprint density at radius 3 is 2.43 bits per heavy atom. The van der Waals surface area contributed by atoms with Crippen LogP contribution in [-0.4, -0.2) is 43.7 Å². The maximum absolute atomic E-state index is 12.9. The summed E-state index contributed by atoms with van der Waals surface area (Å²) in [5.41, 5.74) is 1.44. The van der Waals surface area contributed by atoms with Crippen molar-refractivity contribution in [1.29, 1.82) is 0 Å². The lowest BCUT2D eigenvalue weighted by molar-refractivity contribution is 0.0962. The molecule has 28 heavy (non-hydrogen) atoms. The lowest BCUT2D eigenvalue weighted by atomic mass is 9.87. The Morgan fingerprint density at radius 1 is 1.07 bits per heavy atom. The second-order valence-corrected chi connectivity index (χ2v) is 7.20. The van der Waals surface area contributed by atoms with Crippen LogP contribution in [0.5, 0.6) is 5.75 Å². The SMILES string of the molecule is CN(C)CCCOc1cc2oc3c(c2cc1Cl)C(=O)c1ccccc1C3=O.Cl. The molecule has 0 spiro atoms. The maximum Gasteiger partial charge on any atom is 0.229 e. The summed E-state index contributed by atoms with van der Waals surface area (Å²) in [6, 6.07) is 10.0. The van der Waals surface area contributed by atoms with Gasteiger partial charge < -0.3 is 14.1 Å². The van der Waals surface area contributed by atoms with Crippen molar-refractivity contribution in [2.45, 2.75) is 6.42 Å². The van der Waals surface area contributed by atoms with Gasteiger partial charge in [-0.1, -0.05) is 35.9 Å². The van der Waals surface area contributed by atoms with Crippen LogP contribution in [0.1, 0.15) is 38.5 Å². The van der Waals surface area contributed by atoms with E-state index in [-0.39, 0.29) is 35.3 Å². The number of fused-ring (bicyclic) bond motifs is 4. The fraction of sp³-hybridized carbons (Fsp3) is 0.238. The number of nitrogens with zero attached hydrogens (tertiary/aromatic N) is 1. The summed E-state index contributed by atoms with van der Waals surface area (Å²) in [4.78, 5) is 27.7. The van der Waals surface area contributed by atoms with Crippen molar-refractivity contribution >= 4 is 46.5 Å². The molecule has 0 saturated carbocycles. The van der Waals surface area contributed by atoms with E-state index in [1.165, 1.54) is 0 Å². The molecule has 0 radical (unpaired) electrons. The highest BCUT2D eigenvalue weighted by molar-refractivity contribution is 6.35. The molecular formula is C21H19Cl2NO4. The average molecular weight is 420 g/mol.